The van der Waals surface area contributed by atoms with E-state index in [4.69, 9.17) is 4.74 Å². The van der Waals surface area contributed by atoms with Crippen molar-refractivity contribution >= 4 is 10.9 Å². The standard InChI is InChI=1S/C27H32N3O2/c1-3-19-4-7-26(30(15-11-21(30)16-19)18-20-8-12-28-13-9-20)27(31)23-10-14-29-25-6-5-22(32-2)17-24(23)25/h3,5-6,8-10,12-14,17,19,21,26-27,31H,1,4,7,11,15-16,18H2,2H3/q+1. The molecule has 0 bridgehead atoms. The number of aliphatic hydroxyl groups is 1. The largest absolute Gasteiger partial charge is 0.497 e. The molecule has 5 heteroatoms. The van der Waals surface area contributed by atoms with Gasteiger partial charge in [0.05, 0.1) is 25.2 Å². The van der Waals surface area contributed by atoms with Crippen molar-refractivity contribution in [2.75, 3.05) is 13.7 Å². The summed E-state index contributed by atoms with van der Waals surface area (Å²) in [5, 5.41) is 12.9. The van der Waals surface area contributed by atoms with Crippen LogP contribution in [0.5, 0.6) is 5.75 Å². The number of rotatable bonds is 6. The normalized spacial score (nSPS) is 28.2. The maximum atomic E-state index is 11.9. The van der Waals surface area contributed by atoms with E-state index in [1.165, 1.54) is 12.0 Å². The second-order valence-corrected chi connectivity index (χ2v) is 9.39. The van der Waals surface area contributed by atoms with Crippen LogP contribution in [0.1, 0.15) is 42.9 Å². The van der Waals surface area contributed by atoms with Crippen LogP contribution in [0.15, 0.2) is 67.6 Å². The zero-order valence-corrected chi connectivity index (χ0v) is 18.7. The summed E-state index contributed by atoms with van der Waals surface area (Å²) < 4.78 is 6.42. The minimum Gasteiger partial charge on any atom is -0.497 e. The van der Waals surface area contributed by atoms with E-state index >= 15 is 0 Å². The molecule has 2 fully saturated rings. The number of benzene rings is 1. The highest BCUT2D eigenvalue weighted by Crippen LogP contribution is 2.47. The Morgan fingerprint density at radius 3 is 2.72 bits per heavy atom. The SMILES string of the molecule is C=CC1CCC(C(O)c2ccnc3ccc(OC)cc23)[N+]2(Cc3ccncc3)CCC2C1. The first-order chi connectivity index (χ1) is 15.6. The van der Waals surface area contributed by atoms with Crippen LogP contribution >= 0.6 is 0 Å². The van der Waals surface area contributed by atoms with Gasteiger partial charge in [0.25, 0.3) is 0 Å². The van der Waals surface area contributed by atoms with Crippen molar-refractivity contribution < 1.29 is 14.3 Å². The molecule has 166 valence electrons. The summed E-state index contributed by atoms with van der Waals surface area (Å²) in [7, 11) is 1.67. The number of methoxy groups -OCH3 is 1. The van der Waals surface area contributed by atoms with E-state index in [0.29, 0.717) is 12.0 Å². The van der Waals surface area contributed by atoms with E-state index in [0.717, 1.165) is 59.1 Å². The van der Waals surface area contributed by atoms with Gasteiger partial charge in [-0.3, -0.25) is 9.97 Å². The maximum absolute atomic E-state index is 11.9. The van der Waals surface area contributed by atoms with Crippen LogP contribution in [0.3, 0.4) is 0 Å². The summed E-state index contributed by atoms with van der Waals surface area (Å²) in [6, 6.07) is 12.8. The molecule has 0 amide bonds. The molecule has 32 heavy (non-hydrogen) atoms. The summed E-state index contributed by atoms with van der Waals surface area (Å²) in [6.45, 7) is 6.14. The Morgan fingerprint density at radius 1 is 1.16 bits per heavy atom. The molecular formula is C27H32N3O2+. The van der Waals surface area contributed by atoms with Crippen molar-refractivity contribution in [2.45, 2.75) is 50.4 Å². The summed E-state index contributed by atoms with van der Waals surface area (Å²) in [5.74, 6) is 1.30. The van der Waals surface area contributed by atoms with Gasteiger partial charge in [0.2, 0.25) is 0 Å². The minimum absolute atomic E-state index is 0.128. The lowest BCUT2D eigenvalue weighted by molar-refractivity contribution is -1.02. The number of aromatic nitrogens is 2. The van der Waals surface area contributed by atoms with E-state index in [1.54, 1.807) is 7.11 Å². The predicted octanol–water partition coefficient (Wildman–Crippen LogP) is 4.82. The van der Waals surface area contributed by atoms with Gasteiger partial charge in [-0.05, 0) is 54.3 Å². The number of pyridine rings is 2. The number of ether oxygens (including phenoxy) is 1. The van der Waals surface area contributed by atoms with Gasteiger partial charge in [0.15, 0.2) is 0 Å². The van der Waals surface area contributed by atoms with E-state index in [9.17, 15) is 5.11 Å². The van der Waals surface area contributed by atoms with Gasteiger partial charge in [-0.25, -0.2) is 0 Å². The summed E-state index contributed by atoms with van der Waals surface area (Å²) >= 11 is 0. The Balaban J connectivity index is 1.57. The lowest BCUT2D eigenvalue weighted by Crippen LogP contribution is -2.69. The lowest BCUT2D eigenvalue weighted by atomic mass is 9.85. The van der Waals surface area contributed by atoms with Crippen LogP contribution in [-0.2, 0) is 6.54 Å². The molecule has 2 aliphatic rings. The molecule has 5 rings (SSSR count). The molecule has 4 heterocycles. The van der Waals surface area contributed by atoms with Crippen LogP contribution in [0.2, 0.25) is 0 Å². The highest BCUT2D eigenvalue weighted by Gasteiger charge is 2.55. The molecule has 3 aromatic rings. The van der Waals surface area contributed by atoms with Gasteiger partial charge >= 0.3 is 0 Å². The van der Waals surface area contributed by atoms with Gasteiger partial charge in [0.1, 0.15) is 24.4 Å². The molecule has 0 saturated carbocycles. The van der Waals surface area contributed by atoms with Crippen molar-refractivity contribution in [3.63, 3.8) is 0 Å². The molecule has 2 aromatic heterocycles. The highest BCUT2D eigenvalue weighted by atomic mass is 16.5. The molecular weight excluding hydrogens is 398 g/mol. The fourth-order valence-electron chi connectivity index (χ4n) is 6.06. The minimum atomic E-state index is -0.569. The number of allylic oxidation sites excluding steroid dienone is 1. The third-order valence-electron chi connectivity index (χ3n) is 7.90. The zero-order valence-electron chi connectivity index (χ0n) is 18.7. The first kappa shape index (κ1) is 21.1. The van der Waals surface area contributed by atoms with Gasteiger partial charge in [0, 0.05) is 48.8 Å². The molecule has 0 radical (unpaired) electrons. The third kappa shape index (κ3) is 3.59. The van der Waals surface area contributed by atoms with Crippen molar-refractivity contribution in [1.82, 2.24) is 9.97 Å². The molecule has 2 aliphatic heterocycles. The number of fused-ring (bicyclic) bond motifs is 2. The Hall–Kier alpha value is -2.76. The molecule has 5 unspecified atom stereocenters. The Labute approximate surface area is 190 Å². The van der Waals surface area contributed by atoms with Gasteiger partial charge in [-0.2, -0.15) is 0 Å². The van der Waals surface area contributed by atoms with E-state index in [2.05, 4.69) is 34.8 Å². The first-order valence-electron chi connectivity index (χ1n) is 11.6. The molecule has 0 aliphatic carbocycles. The van der Waals surface area contributed by atoms with Crippen LogP contribution in [0, 0.1) is 5.92 Å². The number of aliphatic hydroxyl groups excluding tert-OH is 1. The van der Waals surface area contributed by atoms with E-state index < -0.39 is 6.10 Å². The summed E-state index contributed by atoms with van der Waals surface area (Å²) in [5.41, 5.74) is 3.13. The summed E-state index contributed by atoms with van der Waals surface area (Å²) in [6.07, 6.45) is 11.5. The number of nitrogens with zero attached hydrogens (tertiary/aromatic N) is 3. The fraction of sp³-hybridized carbons (Fsp3) is 0.407. The van der Waals surface area contributed by atoms with Crippen LogP contribution in [-0.4, -0.2) is 45.3 Å². The van der Waals surface area contributed by atoms with Crippen LogP contribution in [0.4, 0.5) is 0 Å². The van der Waals surface area contributed by atoms with Gasteiger partial charge in [-0.15, -0.1) is 6.58 Å². The number of hydrogen-bond acceptors (Lipinski definition) is 4. The second-order valence-electron chi connectivity index (χ2n) is 9.39. The highest BCUT2D eigenvalue weighted by molar-refractivity contribution is 5.83. The van der Waals surface area contributed by atoms with Crippen molar-refractivity contribution in [2.24, 2.45) is 5.92 Å². The van der Waals surface area contributed by atoms with Crippen LogP contribution in [0.25, 0.3) is 10.9 Å². The Kier molecular flexibility index (Phi) is 5.70. The lowest BCUT2D eigenvalue weighted by Gasteiger charge is -2.57. The van der Waals surface area contributed by atoms with Crippen molar-refractivity contribution in [1.29, 1.82) is 0 Å². The first-order valence-corrected chi connectivity index (χ1v) is 11.6. The average molecular weight is 431 g/mol. The number of hydrogen-bond donors (Lipinski definition) is 1. The van der Waals surface area contributed by atoms with Crippen molar-refractivity contribution in [3.05, 3.63) is 78.8 Å². The zero-order chi connectivity index (χ0) is 22.1. The topological polar surface area (TPSA) is 55.2 Å². The second kappa shape index (κ2) is 8.64. The molecule has 5 nitrogen and oxygen atoms in total. The Bertz CT molecular complexity index is 1100. The molecule has 1 N–H and O–H groups in total. The smallest absolute Gasteiger partial charge is 0.131 e. The third-order valence-corrected chi connectivity index (χ3v) is 7.90. The Morgan fingerprint density at radius 2 is 2.00 bits per heavy atom. The quantitative estimate of drug-likeness (QED) is 0.450. The van der Waals surface area contributed by atoms with E-state index in [-0.39, 0.29) is 6.04 Å². The fourth-order valence-corrected chi connectivity index (χ4v) is 6.06. The molecule has 0 spiro atoms. The van der Waals surface area contributed by atoms with Crippen molar-refractivity contribution in [3.8, 4) is 5.75 Å². The molecule has 5 atom stereocenters. The van der Waals surface area contributed by atoms with Gasteiger partial charge < -0.3 is 14.3 Å². The molecule has 2 saturated heterocycles. The van der Waals surface area contributed by atoms with E-state index in [1.807, 2.05) is 42.9 Å². The maximum Gasteiger partial charge on any atom is 0.131 e. The predicted molar refractivity (Wildman–Crippen MR) is 126 cm³/mol. The number of quaternary nitrogens is 1. The monoisotopic (exact) mass is 430 g/mol. The summed E-state index contributed by atoms with van der Waals surface area (Å²) in [4.78, 5) is 8.74. The average Bonchev–Trinajstić information content (AvgIpc) is 2.93. The van der Waals surface area contributed by atoms with Crippen LogP contribution < -0.4 is 4.74 Å². The van der Waals surface area contributed by atoms with Gasteiger partial charge in [-0.1, -0.05) is 6.08 Å². The molecule has 1 aromatic carbocycles.